The van der Waals surface area contributed by atoms with Crippen molar-refractivity contribution in [3.05, 3.63) is 120 Å². The smallest absolute Gasteiger partial charge is 0.136 e. The molecule has 0 unspecified atom stereocenters. The fraction of sp³-hybridized carbons (Fsp3) is 0.171. The Labute approximate surface area is 212 Å². The monoisotopic (exact) mass is 465 g/mol. The van der Waals surface area contributed by atoms with E-state index in [1.165, 1.54) is 55.3 Å². The second kappa shape index (κ2) is 7.11. The van der Waals surface area contributed by atoms with E-state index in [0.29, 0.717) is 0 Å². The van der Waals surface area contributed by atoms with Crippen molar-refractivity contribution in [2.45, 2.75) is 38.5 Å². The van der Waals surface area contributed by atoms with Gasteiger partial charge in [0.1, 0.15) is 11.2 Å². The average Bonchev–Trinajstić information content (AvgIpc) is 3.65. The molecule has 0 fully saturated rings. The first kappa shape index (κ1) is 21.4. The molecule has 0 spiro atoms. The predicted octanol–water partition coefficient (Wildman–Crippen LogP) is 9.62. The van der Waals surface area contributed by atoms with Crippen LogP contribution in [0.25, 0.3) is 50.3 Å². The normalized spacial score (nSPS) is 15.6. The summed E-state index contributed by atoms with van der Waals surface area (Å²) < 4.78 is 6.24. The second-order valence-electron chi connectivity index (χ2n) is 11.3. The van der Waals surface area contributed by atoms with Gasteiger partial charge in [-0.3, -0.25) is 0 Å². The highest BCUT2D eigenvalue weighted by atomic mass is 16.3. The van der Waals surface area contributed by atoms with Gasteiger partial charge in [-0.2, -0.15) is 0 Å². The highest BCUT2D eigenvalue weighted by molar-refractivity contribution is 6.15. The Morgan fingerprint density at radius 1 is 0.833 bits per heavy atom. The van der Waals surface area contributed by atoms with Crippen LogP contribution in [0, 0.1) is 6.42 Å². The Kier molecular flexibility index (Phi) is 4.23. The van der Waals surface area contributed by atoms with Gasteiger partial charge in [0.2, 0.25) is 0 Å². The van der Waals surface area contributed by atoms with E-state index in [1.54, 1.807) is 0 Å². The molecule has 36 heavy (non-hydrogen) atoms. The van der Waals surface area contributed by atoms with E-state index in [-0.39, 0.29) is 10.8 Å². The Bertz CT molecular complexity index is 1770. The number of furan rings is 1. The molecular formula is C35H29O. The molecule has 0 amide bonds. The fourth-order valence-electron chi connectivity index (χ4n) is 6.28. The molecule has 0 saturated heterocycles. The van der Waals surface area contributed by atoms with E-state index in [0.717, 1.165) is 16.7 Å². The molecule has 0 N–H and O–H groups in total. The number of allylic oxidation sites excluding steroid dienone is 2. The Hall–Kier alpha value is -3.84. The van der Waals surface area contributed by atoms with E-state index >= 15 is 0 Å². The zero-order valence-corrected chi connectivity index (χ0v) is 21.3. The van der Waals surface area contributed by atoms with Crippen molar-refractivity contribution in [3.63, 3.8) is 0 Å². The predicted molar refractivity (Wildman–Crippen MR) is 152 cm³/mol. The van der Waals surface area contributed by atoms with Crippen LogP contribution in [0.1, 0.15) is 49.9 Å². The Morgan fingerprint density at radius 3 is 2.39 bits per heavy atom. The van der Waals surface area contributed by atoms with E-state index in [9.17, 15) is 0 Å². The van der Waals surface area contributed by atoms with Crippen molar-refractivity contribution in [2.75, 3.05) is 0 Å². The number of hydrogen-bond acceptors (Lipinski definition) is 1. The van der Waals surface area contributed by atoms with Gasteiger partial charge in [0.05, 0.1) is 0 Å². The quantitative estimate of drug-likeness (QED) is 0.257. The van der Waals surface area contributed by atoms with Gasteiger partial charge in [0.25, 0.3) is 0 Å². The lowest BCUT2D eigenvalue weighted by atomic mass is 9.76. The molecular weight excluding hydrogens is 436 g/mol. The molecule has 175 valence electrons. The topological polar surface area (TPSA) is 13.1 Å². The number of benzene rings is 4. The second-order valence-corrected chi connectivity index (χ2v) is 11.3. The van der Waals surface area contributed by atoms with Gasteiger partial charge in [-0.1, -0.05) is 107 Å². The number of fused-ring (bicyclic) bond motifs is 7. The van der Waals surface area contributed by atoms with Crippen molar-refractivity contribution < 1.29 is 4.42 Å². The van der Waals surface area contributed by atoms with Gasteiger partial charge in [0.15, 0.2) is 0 Å². The minimum Gasteiger partial charge on any atom is -0.456 e. The summed E-state index contributed by atoms with van der Waals surface area (Å²) in [4.78, 5) is 0. The zero-order chi connectivity index (χ0) is 24.8. The fourth-order valence-corrected chi connectivity index (χ4v) is 6.28. The van der Waals surface area contributed by atoms with E-state index in [4.69, 9.17) is 4.42 Å². The standard InChI is InChI=1S/C35H29O/c1-6-21-11-15-24(28(19-21)34(2,3)23-13-14-23)22-12-16-25-29(20-22)35(4,5)27-17-18-31-33(32(25)27)26-9-7-8-10-30(26)36-31/h6-20H,1H2,2-5H3. The van der Waals surface area contributed by atoms with Crippen molar-refractivity contribution in [2.24, 2.45) is 0 Å². The lowest BCUT2D eigenvalue weighted by molar-refractivity contribution is 0.653. The van der Waals surface area contributed by atoms with Gasteiger partial charge < -0.3 is 4.42 Å². The third kappa shape index (κ3) is 2.83. The summed E-state index contributed by atoms with van der Waals surface area (Å²) >= 11 is 0. The molecule has 0 aliphatic heterocycles. The first-order valence-corrected chi connectivity index (χ1v) is 12.7. The zero-order valence-electron chi connectivity index (χ0n) is 21.3. The molecule has 2 aliphatic rings. The molecule has 5 aromatic rings. The molecule has 7 rings (SSSR count). The third-order valence-electron chi connectivity index (χ3n) is 8.50. The van der Waals surface area contributed by atoms with Crippen LogP contribution in [-0.4, -0.2) is 0 Å². The van der Waals surface area contributed by atoms with Crippen molar-refractivity contribution in [1.82, 2.24) is 0 Å². The van der Waals surface area contributed by atoms with Crippen LogP contribution in [0.15, 0.2) is 95.4 Å². The largest absolute Gasteiger partial charge is 0.456 e. The van der Waals surface area contributed by atoms with Crippen LogP contribution in [0.2, 0.25) is 0 Å². The van der Waals surface area contributed by atoms with Gasteiger partial charge >= 0.3 is 0 Å². The van der Waals surface area contributed by atoms with E-state index in [2.05, 4.69) is 114 Å². The van der Waals surface area contributed by atoms with Crippen LogP contribution in [-0.2, 0) is 10.8 Å². The maximum absolute atomic E-state index is 6.24. The van der Waals surface area contributed by atoms with Crippen LogP contribution >= 0.6 is 0 Å². The van der Waals surface area contributed by atoms with Crippen LogP contribution in [0.4, 0.5) is 0 Å². The maximum Gasteiger partial charge on any atom is 0.136 e. The lowest BCUT2D eigenvalue weighted by Crippen LogP contribution is -2.18. The summed E-state index contributed by atoms with van der Waals surface area (Å²) in [5.74, 6) is 0. The molecule has 1 aromatic heterocycles. The van der Waals surface area contributed by atoms with Crippen molar-refractivity contribution in [3.8, 4) is 22.3 Å². The van der Waals surface area contributed by atoms with Crippen molar-refractivity contribution in [1.29, 1.82) is 0 Å². The average molecular weight is 466 g/mol. The summed E-state index contributed by atoms with van der Waals surface area (Å²) in [6, 6.07) is 26.6. The maximum atomic E-state index is 6.24. The van der Waals surface area contributed by atoms with Crippen LogP contribution in [0.5, 0.6) is 0 Å². The molecule has 1 radical (unpaired) electrons. The van der Waals surface area contributed by atoms with E-state index in [1.807, 2.05) is 12.1 Å². The molecule has 0 atom stereocenters. The number of rotatable bonds is 4. The summed E-state index contributed by atoms with van der Waals surface area (Å²) in [6.45, 7) is 13.4. The molecule has 4 aromatic carbocycles. The summed E-state index contributed by atoms with van der Waals surface area (Å²) in [5, 5.41) is 2.42. The SMILES string of the molecule is C=Cc1ccc(-c2ccc3c(c2)C(C)(C)c2ccc4oc5ccccc5c4c2-3)c(C(C)(C)C2=C[CH]2)c1. The molecule has 1 nitrogen and oxygen atoms in total. The van der Waals surface area contributed by atoms with E-state index < -0.39 is 0 Å². The minimum atomic E-state index is -0.100. The first-order valence-electron chi connectivity index (χ1n) is 12.7. The molecule has 2 aliphatic carbocycles. The Morgan fingerprint density at radius 2 is 1.61 bits per heavy atom. The first-order chi connectivity index (χ1) is 17.3. The van der Waals surface area contributed by atoms with Crippen molar-refractivity contribution >= 4 is 28.0 Å². The van der Waals surface area contributed by atoms with Gasteiger partial charge in [0, 0.05) is 28.0 Å². The molecule has 0 bridgehead atoms. The van der Waals surface area contributed by atoms with Gasteiger partial charge in [-0.25, -0.2) is 0 Å². The Balaban J connectivity index is 1.47. The van der Waals surface area contributed by atoms with Crippen LogP contribution < -0.4 is 0 Å². The molecule has 1 heteroatoms. The summed E-state index contributed by atoms with van der Waals surface area (Å²) in [7, 11) is 0. The number of hydrogen-bond donors (Lipinski definition) is 0. The third-order valence-corrected chi connectivity index (χ3v) is 8.50. The molecule has 0 saturated carbocycles. The van der Waals surface area contributed by atoms with Gasteiger partial charge in [-0.15, -0.1) is 0 Å². The highest BCUT2D eigenvalue weighted by Crippen LogP contribution is 2.54. The summed E-state index contributed by atoms with van der Waals surface area (Å²) in [5.41, 5.74) is 13.6. The van der Waals surface area contributed by atoms with Crippen LogP contribution in [0.3, 0.4) is 0 Å². The molecule has 1 heterocycles. The lowest BCUT2D eigenvalue weighted by Gasteiger charge is -2.27. The minimum absolute atomic E-state index is 0.0479. The highest BCUT2D eigenvalue weighted by Gasteiger charge is 2.38. The summed E-state index contributed by atoms with van der Waals surface area (Å²) in [6.07, 6.45) is 6.40. The number of para-hydroxylation sites is 1. The van der Waals surface area contributed by atoms with Gasteiger partial charge in [-0.05, 0) is 62.7 Å².